The van der Waals surface area contributed by atoms with E-state index in [2.05, 4.69) is 31.9 Å². The highest BCUT2D eigenvalue weighted by molar-refractivity contribution is 9.10. The second kappa shape index (κ2) is 5.73. The van der Waals surface area contributed by atoms with Crippen LogP contribution in [0.4, 0.5) is 0 Å². The van der Waals surface area contributed by atoms with Crippen LogP contribution in [0.5, 0.6) is 0 Å². The Morgan fingerprint density at radius 1 is 0.562 bits per heavy atom. The first-order valence-electron chi connectivity index (χ1n) is 7.00. The van der Waals surface area contributed by atoms with Crippen molar-refractivity contribution in [3.05, 3.63) is 0 Å². The van der Waals surface area contributed by atoms with Gasteiger partial charge < -0.3 is 0 Å². The average molecular weight is 352 g/mol. The second-order valence-corrected chi connectivity index (χ2v) is 9.29. The molecule has 94 valence electrons. The van der Waals surface area contributed by atoms with Gasteiger partial charge in [0.2, 0.25) is 0 Å². The minimum absolute atomic E-state index is 0.490. The van der Waals surface area contributed by atoms with E-state index in [1.807, 2.05) is 0 Å². The van der Waals surface area contributed by atoms with Crippen LogP contribution in [0.3, 0.4) is 0 Å². The summed E-state index contributed by atoms with van der Waals surface area (Å²) in [6, 6.07) is 0. The van der Waals surface area contributed by atoms with Gasteiger partial charge >= 0.3 is 0 Å². The lowest BCUT2D eigenvalue weighted by atomic mass is 9.80. The molecule has 0 atom stereocenters. The van der Waals surface area contributed by atoms with Gasteiger partial charge in [0.25, 0.3) is 0 Å². The summed E-state index contributed by atoms with van der Waals surface area (Å²) in [5, 5.41) is 0. The third kappa shape index (κ3) is 3.73. The first-order chi connectivity index (χ1) is 7.62. The van der Waals surface area contributed by atoms with Gasteiger partial charge in [0, 0.05) is 8.65 Å². The van der Waals surface area contributed by atoms with Crippen molar-refractivity contribution >= 4 is 31.9 Å². The summed E-state index contributed by atoms with van der Waals surface area (Å²) in [5.41, 5.74) is 0. The molecule has 0 saturated heterocycles. The van der Waals surface area contributed by atoms with Crippen LogP contribution in [0.15, 0.2) is 0 Å². The van der Waals surface area contributed by atoms with Gasteiger partial charge in [-0.1, -0.05) is 70.4 Å². The molecule has 2 fully saturated rings. The van der Waals surface area contributed by atoms with Crippen molar-refractivity contribution in [2.24, 2.45) is 0 Å². The molecule has 0 N–H and O–H groups in total. The second-order valence-electron chi connectivity index (χ2n) is 5.92. The molecule has 0 heterocycles. The van der Waals surface area contributed by atoms with Crippen LogP contribution in [-0.2, 0) is 0 Å². The predicted molar refractivity (Wildman–Crippen MR) is 78.7 cm³/mol. The van der Waals surface area contributed by atoms with E-state index in [1.165, 1.54) is 77.0 Å². The van der Waals surface area contributed by atoms with Crippen LogP contribution >= 0.6 is 31.9 Å². The van der Waals surface area contributed by atoms with E-state index in [1.54, 1.807) is 0 Å². The molecule has 2 aliphatic rings. The minimum atomic E-state index is 0.490. The molecule has 0 unspecified atom stereocenters. The molecule has 0 radical (unpaired) electrons. The van der Waals surface area contributed by atoms with Crippen molar-refractivity contribution in [1.82, 2.24) is 0 Å². The van der Waals surface area contributed by atoms with E-state index < -0.39 is 0 Å². The zero-order chi connectivity index (χ0) is 11.5. The topological polar surface area (TPSA) is 0 Å². The molecule has 2 heteroatoms. The molecule has 0 aromatic heterocycles. The Balaban J connectivity index is 1.80. The maximum atomic E-state index is 4.03. The van der Waals surface area contributed by atoms with Crippen molar-refractivity contribution in [3.63, 3.8) is 0 Å². The summed E-state index contributed by atoms with van der Waals surface area (Å²) in [6.07, 6.45) is 17.0. The third-order valence-electron chi connectivity index (χ3n) is 4.52. The molecule has 0 aromatic rings. The molecule has 2 aliphatic carbocycles. The van der Waals surface area contributed by atoms with Crippen molar-refractivity contribution in [1.29, 1.82) is 0 Å². The maximum Gasteiger partial charge on any atom is 0.0258 e. The molecule has 0 spiro atoms. The monoisotopic (exact) mass is 350 g/mol. The smallest absolute Gasteiger partial charge is 0.0258 e. The molecule has 2 rings (SSSR count). The molecule has 2 saturated carbocycles. The van der Waals surface area contributed by atoms with Crippen molar-refractivity contribution in [3.8, 4) is 0 Å². The fourth-order valence-electron chi connectivity index (χ4n) is 3.32. The SMILES string of the molecule is BrC1(CCC2(Br)CCCCC2)CCCCC1. The quantitative estimate of drug-likeness (QED) is 0.550. The first kappa shape index (κ1) is 13.4. The van der Waals surface area contributed by atoms with Gasteiger partial charge in [-0.15, -0.1) is 0 Å². The zero-order valence-electron chi connectivity index (χ0n) is 10.2. The lowest BCUT2D eigenvalue weighted by molar-refractivity contribution is 0.325. The number of halogens is 2. The summed E-state index contributed by atoms with van der Waals surface area (Å²) >= 11 is 8.05. The van der Waals surface area contributed by atoms with Crippen molar-refractivity contribution in [2.45, 2.75) is 85.7 Å². The minimum Gasteiger partial charge on any atom is -0.0853 e. The highest BCUT2D eigenvalue weighted by Crippen LogP contribution is 2.45. The standard InChI is InChI=1S/C14H24Br2/c15-13(7-3-1-4-8-13)11-12-14(16)9-5-2-6-10-14/h1-12H2. The molecular weight excluding hydrogens is 328 g/mol. The van der Waals surface area contributed by atoms with E-state index in [9.17, 15) is 0 Å². The van der Waals surface area contributed by atoms with Gasteiger partial charge in [-0.05, 0) is 38.5 Å². The Kier molecular flexibility index (Phi) is 4.80. The van der Waals surface area contributed by atoms with Crippen LogP contribution in [0, 0.1) is 0 Å². The molecule has 0 bridgehead atoms. The maximum absolute atomic E-state index is 4.03. The molecule has 16 heavy (non-hydrogen) atoms. The fourth-order valence-corrected chi connectivity index (χ4v) is 4.84. The Bertz CT molecular complexity index is 189. The van der Waals surface area contributed by atoms with Gasteiger partial charge in [-0.3, -0.25) is 0 Å². The van der Waals surface area contributed by atoms with Crippen LogP contribution in [0.1, 0.15) is 77.0 Å². The highest BCUT2D eigenvalue weighted by Gasteiger charge is 2.34. The fraction of sp³-hybridized carbons (Fsp3) is 1.00. The number of hydrogen-bond acceptors (Lipinski definition) is 0. The summed E-state index contributed by atoms with van der Waals surface area (Å²) in [4.78, 5) is 0. The summed E-state index contributed by atoms with van der Waals surface area (Å²) < 4.78 is 0.979. The highest BCUT2D eigenvalue weighted by atomic mass is 79.9. The zero-order valence-corrected chi connectivity index (χ0v) is 13.4. The lowest BCUT2D eigenvalue weighted by Gasteiger charge is -2.37. The van der Waals surface area contributed by atoms with Crippen molar-refractivity contribution in [2.75, 3.05) is 0 Å². The summed E-state index contributed by atoms with van der Waals surface area (Å²) in [6.45, 7) is 0. The number of rotatable bonds is 3. The van der Waals surface area contributed by atoms with Crippen LogP contribution in [-0.4, -0.2) is 8.65 Å². The van der Waals surface area contributed by atoms with E-state index in [-0.39, 0.29) is 0 Å². The van der Waals surface area contributed by atoms with E-state index >= 15 is 0 Å². The summed E-state index contributed by atoms with van der Waals surface area (Å²) in [7, 11) is 0. The van der Waals surface area contributed by atoms with Gasteiger partial charge in [0.1, 0.15) is 0 Å². The van der Waals surface area contributed by atoms with E-state index in [0.717, 1.165) is 0 Å². The van der Waals surface area contributed by atoms with Crippen molar-refractivity contribution < 1.29 is 0 Å². The molecule has 0 nitrogen and oxygen atoms in total. The van der Waals surface area contributed by atoms with Crippen LogP contribution in [0.2, 0.25) is 0 Å². The Hall–Kier alpha value is 0.960. The predicted octanol–water partition coefficient (Wildman–Crippen LogP) is 5.96. The largest absolute Gasteiger partial charge is 0.0853 e. The molecular formula is C14H24Br2. The van der Waals surface area contributed by atoms with E-state index in [4.69, 9.17) is 0 Å². The van der Waals surface area contributed by atoms with Crippen LogP contribution < -0.4 is 0 Å². The molecule has 0 amide bonds. The molecule has 0 aromatic carbocycles. The van der Waals surface area contributed by atoms with Crippen LogP contribution in [0.25, 0.3) is 0 Å². The lowest BCUT2D eigenvalue weighted by Crippen LogP contribution is -2.30. The third-order valence-corrected chi connectivity index (χ3v) is 6.90. The Labute approximate surface area is 117 Å². The van der Waals surface area contributed by atoms with Gasteiger partial charge in [0.15, 0.2) is 0 Å². The first-order valence-corrected chi connectivity index (χ1v) is 8.59. The van der Waals surface area contributed by atoms with Gasteiger partial charge in [-0.2, -0.15) is 0 Å². The van der Waals surface area contributed by atoms with Gasteiger partial charge in [0.05, 0.1) is 0 Å². The Morgan fingerprint density at radius 3 is 1.19 bits per heavy atom. The number of hydrogen-bond donors (Lipinski definition) is 0. The van der Waals surface area contributed by atoms with Gasteiger partial charge in [-0.25, -0.2) is 0 Å². The summed E-state index contributed by atoms with van der Waals surface area (Å²) in [5.74, 6) is 0. The molecule has 0 aliphatic heterocycles. The average Bonchev–Trinajstić information content (AvgIpc) is 2.29. The van der Waals surface area contributed by atoms with E-state index in [0.29, 0.717) is 8.65 Å². The number of alkyl halides is 2. The normalized spacial score (nSPS) is 28.9. The Morgan fingerprint density at radius 2 is 0.875 bits per heavy atom.